The number of nitrogens with one attached hydrogen (secondary N) is 3. The first-order chi connectivity index (χ1) is 16.0. The fourth-order valence-electron chi connectivity index (χ4n) is 3.15. The van der Waals surface area contributed by atoms with Crippen molar-refractivity contribution in [2.24, 2.45) is 4.99 Å². The lowest BCUT2D eigenvalue weighted by Gasteiger charge is -2.27. The van der Waals surface area contributed by atoms with Gasteiger partial charge in [0.25, 0.3) is 17.7 Å². The van der Waals surface area contributed by atoms with Crippen LogP contribution < -0.4 is 21.1 Å². The summed E-state index contributed by atoms with van der Waals surface area (Å²) in [6.07, 6.45) is 1.66. The molecule has 2 aromatic carbocycles. The second kappa shape index (κ2) is 9.73. The van der Waals surface area contributed by atoms with E-state index in [1.807, 2.05) is 31.2 Å². The maximum Gasteiger partial charge on any atom is 0.292 e. The number of amides is 3. The Kier molecular flexibility index (Phi) is 6.40. The van der Waals surface area contributed by atoms with Crippen molar-refractivity contribution in [2.75, 3.05) is 16.9 Å². The monoisotopic (exact) mass is 442 g/mol. The second-order valence-electron chi connectivity index (χ2n) is 7.38. The Morgan fingerprint density at radius 2 is 1.85 bits per heavy atom. The molecule has 33 heavy (non-hydrogen) atoms. The number of nitrogens with zero attached hydrogens (tertiary/aromatic N) is 3. The van der Waals surface area contributed by atoms with Crippen LogP contribution >= 0.6 is 0 Å². The van der Waals surface area contributed by atoms with Crippen molar-refractivity contribution >= 4 is 34.9 Å². The van der Waals surface area contributed by atoms with Crippen LogP contribution in [-0.2, 0) is 16.1 Å². The zero-order chi connectivity index (χ0) is 23.2. The van der Waals surface area contributed by atoms with E-state index in [9.17, 15) is 14.4 Å². The van der Waals surface area contributed by atoms with E-state index >= 15 is 0 Å². The molecular formula is C24H22N6O3. The Morgan fingerprint density at radius 1 is 1.03 bits per heavy atom. The van der Waals surface area contributed by atoms with Crippen LogP contribution in [0, 0.1) is 6.92 Å². The van der Waals surface area contributed by atoms with Gasteiger partial charge in [-0.25, -0.2) is 5.01 Å². The van der Waals surface area contributed by atoms with Crippen molar-refractivity contribution < 1.29 is 14.4 Å². The lowest BCUT2D eigenvalue weighted by molar-refractivity contribution is -0.118. The van der Waals surface area contributed by atoms with E-state index in [1.54, 1.807) is 48.7 Å². The molecule has 3 amide bonds. The zero-order valence-corrected chi connectivity index (χ0v) is 17.9. The molecule has 1 aliphatic heterocycles. The molecule has 3 N–H and O–H groups in total. The fraction of sp³-hybridized carbons (Fsp3) is 0.125. The molecular weight excluding hydrogens is 420 g/mol. The molecule has 9 nitrogen and oxygen atoms in total. The SMILES string of the molecule is Cc1ccc(N2NC(C(=O)Nc3cccc(C(=O)NCc4ccccn4)c3)=NCC2=O)cc1. The van der Waals surface area contributed by atoms with E-state index in [-0.39, 0.29) is 24.2 Å². The van der Waals surface area contributed by atoms with Crippen LogP contribution in [0.15, 0.2) is 77.9 Å². The van der Waals surface area contributed by atoms with E-state index in [1.165, 1.54) is 5.01 Å². The predicted molar refractivity (Wildman–Crippen MR) is 125 cm³/mol. The number of rotatable bonds is 6. The first-order valence-corrected chi connectivity index (χ1v) is 10.3. The molecule has 0 saturated heterocycles. The number of benzene rings is 2. The third-order valence-electron chi connectivity index (χ3n) is 4.89. The minimum atomic E-state index is -0.523. The molecule has 0 saturated carbocycles. The van der Waals surface area contributed by atoms with Gasteiger partial charge in [-0.3, -0.25) is 29.8 Å². The Morgan fingerprint density at radius 3 is 2.61 bits per heavy atom. The summed E-state index contributed by atoms with van der Waals surface area (Å²) in [4.78, 5) is 45.7. The quantitative estimate of drug-likeness (QED) is 0.541. The number of aliphatic imine (C=N–C) groups is 1. The van der Waals surface area contributed by atoms with Gasteiger partial charge in [-0.15, -0.1) is 0 Å². The first kappa shape index (κ1) is 21.7. The standard InChI is InChI=1S/C24H22N6O3/c1-16-8-10-20(11-9-16)30-21(31)15-26-22(29-30)24(33)28-18-7-4-5-17(13-18)23(32)27-14-19-6-2-3-12-25-19/h2-13H,14-15H2,1H3,(H,26,29)(H,27,32)(H,28,33). The fourth-order valence-corrected chi connectivity index (χ4v) is 3.15. The summed E-state index contributed by atoms with van der Waals surface area (Å²) in [5.74, 6) is -1.09. The highest BCUT2D eigenvalue weighted by molar-refractivity contribution is 6.43. The lowest BCUT2D eigenvalue weighted by Crippen LogP contribution is -2.54. The summed E-state index contributed by atoms with van der Waals surface area (Å²) in [7, 11) is 0. The molecule has 0 radical (unpaired) electrons. The summed E-state index contributed by atoms with van der Waals surface area (Å²) in [6, 6.07) is 19.3. The molecule has 2 heterocycles. The Labute approximate surface area is 190 Å². The molecule has 0 atom stereocenters. The highest BCUT2D eigenvalue weighted by Gasteiger charge is 2.25. The Hall–Kier alpha value is -4.53. The van der Waals surface area contributed by atoms with E-state index in [2.05, 4.69) is 26.0 Å². The van der Waals surface area contributed by atoms with E-state index < -0.39 is 5.91 Å². The number of carbonyl (C=O) groups excluding carboxylic acids is 3. The van der Waals surface area contributed by atoms with Crippen molar-refractivity contribution in [3.63, 3.8) is 0 Å². The van der Waals surface area contributed by atoms with Crippen LogP contribution in [-0.4, -0.2) is 35.1 Å². The minimum Gasteiger partial charge on any atom is -0.346 e. The molecule has 9 heteroatoms. The molecule has 4 rings (SSSR count). The molecule has 3 aromatic rings. The first-order valence-electron chi connectivity index (χ1n) is 10.3. The normalized spacial score (nSPS) is 13.1. The third-order valence-corrected chi connectivity index (χ3v) is 4.89. The number of hydrogen-bond acceptors (Lipinski definition) is 6. The Bertz CT molecular complexity index is 1210. The third kappa shape index (κ3) is 5.40. The summed E-state index contributed by atoms with van der Waals surface area (Å²) in [6.45, 7) is 2.09. The van der Waals surface area contributed by atoms with Crippen LogP contribution in [0.1, 0.15) is 21.6 Å². The number of pyridine rings is 1. The van der Waals surface area contributed by atoms with Crippen molar-refractivity contribution in [1.29, 1.82) is 0 Å². The molecule has 1 aromatic heterocycles. The van der Waals surface area contributed by atoms with E-state index in [4.69, 9.17) is 0 Å². The zero-order valence-electron chi connectivity index (χ0n) is 17.9. The van der Waals surface area contributed by atoms with Gasteiger partial charge in [-0.05, 0) is 49.4 Å². The predicted octanol–water partition coefficient (Wildman–Crippen LogP) is 2.21. The largest absolute Gasteiger partial charge is 0.346 e. The number of hydrogen-bond donors (Lipinski definition) is 3. The lowest BCUT2D eigenvalue weighted by atomic mass is 10.2. The maximum absolute atomic E-state index is 12.7. The van der Waals surface area contributed by atoms with Gasteiger partial charge < -0.3 is 10.6 Å². The van der Waals surface area contributed by atoms with Crippen LogP contribution in [0.4, 0.5) is 11.4 Å². The average molecular weight is 442 g/mol. The van der Waals surface area contributed by atoms with Crippen molar-refractivity contribution in [3.05, 3.63) is 89.7 Å². The molecule has 1 aliphatic rings. The van der Waals surface area contributed by atoms with Gasteiger partial charge >= 0.3 is 0 Å². The number of aromatic nitrogens is 1. The van der Waals surface area contributed by atoms with Gasteiger partial charge in [0.05, 0.1) is 17.9 Å². The smallest absolute Gasteiger partial charge is 0.292 e. The van der Waals surface area contributed by atoms with Crippen LogP contribution in [0.2, 0.25) is 0 Å². The molecule has 0 bridgehead atoms. The molecule has 0 spiro atoms. The van der Waals surface area contributed by atoms with Gasteiger partial charge in [0.2, 0.25) is 5.84 Å². The van der Waals surface area contributed by atoms with E-state index in [0.29, 0.717) is 23.5 Å². The number of amidine groups is 1. The van der Waals surface area contributed by atoms with Crippen molar-refractivity contribution in [3.8, 4) is 0 Å². The van der Waals surface area contributed by atoms with Crippen molar-refractivity contribution in [2.45, 2.75) is 13.5 Å². The van der Waals surface area contributed by atoms with Gasteiger partial charge in [-0.1, -0.05) is 29.8 Å². The minimum absolute atomic E-state index is 0.000168. The van der Waals surface area contributed by atoms with Crippen molar-refractivity contribution in [1.82, 2.24) is 15.7 Å². The maximum atomic E-state index is 12.7. The van der Waals surface area contributed by atoms with Crippen LogP contribution in [0.3, 0.4) is 0 Å². The molecule has 166 valence electrons. The number of hydrazine groups is 1. The number of anilines is 2. The summed E-state index contributed by atoms with van der Waals surface area (Å²) in [5.41, 5.74) is 5.99. The Balaban J connectivity index is 1.40. The number of carbonyl (C=O) groups is 3. The molecule has 0 fully saturated rings. The van der Waals surface area contributed by atoms with E-state index in [0.717, 1.165) is 11.3 Å². The highest BCUT2D eigenvalue weighted by Crippen LogP contribution is 2.16. The van der Waals surface area contributed by atoms with Crippen LogP contribution in [0.25, 0.3) is 0 Å². The van der Waals surface area contributed by atoms with Gasteiger partial charge in [0.1, 0.15) is 6.54 Å². The second-order valence-corrected chi connectivity index (χ2v) is 7.38. The summed E-state index contributed by atoms with van der Waals surface area (Å²) in [5, 5.41) is 6.81. The highest BCUT2D eigenvalue weighted by atomic mass is 16.2. The summed E-state index contributed by atoms with van der Waals surface area (Å²) >= 11 is 0. The van der Waals surface area contributed by atoms with Gasteiger partial charge in [0.15, 0.2) is 0 Å². The van der Waals surface area contributed by atoms with Gasteiger partial charge in [0, 0.05) is 17.4 Å². The topological polar surface area (TPSA) is 116 Å². The number of aryl methyl sites for hydroxylation is 1. The van der Waals surface area contributed by atoms with Gasteiger partial charge in [-0.2, -0.15) is 0 Å². The molecule has 0 aliphatic carbocycles. The average Bonchev–Trinajstić information content (AvgIpc) is 2.84. The summed E-state index contributed by atoms with van der Waals surface area (Å²) < 4.78 is 0. The van der Waals surface area contributed by atoms with Crippen LogP contribution in [0.5, 0.6) is 0 Å². The molecule has 0 unspecified atom stereocenters.